The number of halogens is 3. The van der Waals surface area contributed by atoms with E-state index in [1.165, 1.54) is 10.9 Å². The van der Waals surface area contributed by atoms with Gasteiger partial charge in [0.2, 0.25) is 5.95 Å². The molecule has 0 bridgehead atoms. The second-order valence-corrected chi connectivity index (χ2v) is 9.19. The van der Waals surface area contributed by atoms with Crippen LogP contribution in [-0.2, 0) is 12.6 Å². The van der Waals surface area contributed by atoms with Crippen LogP contribution in [0.3, 0.4) is 0 Å². The highest BCUT2D eigenvalue weighted by atomic mass is 19.4. The number of aromatic nitrogens is 4. The number of ketones is 1. The van der Waals surface area contributed by atoms with Crippen molar-refractivity contribution in [3.63, 3.8) is 0 Å². The highest BCUT2D eigenvalue weighted by Gasteiger charge is 2.31. The molecule has 39 heavy (non-hydrogen) atoms. The van der Waals surface area contributed by atoms with Crippen molar-refractivity contribution in [3.8, 4) is 16.9 Å². The molecule has 0 saturated heterocycles. The molecule has 0 spiro atoms. The van der Waals surface area contributed by atoms with Gasteiger partial charge in [-0.2, -0.15) is 13.2 Å². The smallest absolute Gasteiger partial charge is 0.324 e. The van der Waals surface area contributed by atoms with Gasteiger partial charge in [-0.05, 0) is 55.3 Å². The Kier molecular flexibility index (Phi) is 6.98. The third-order valence-electron chi connectivity index (χ3n) is 6.21. The molecular formula is C30H24F3N5O. The number of Topliss-reactive ketones (excluding diaryl/α,β-unsaturated/α-hetero) is 1. The lowest BCUT2D eigenvalue weighted by Crippen LogP contribution is -2.10. The molecule has 9 heteroatoms. The maximum absolute atomic E-state index is 13.6. The van der Waals surface area contributed by atoms with Crippen LogP contribution in [0.1, 0.15) is 32.7 Å². The number of benzene rings is 3. The summed E-state index contributed by atoms with van der Waals surface area (Å²) in [5.41, 5.74) is 3.92. The minimum Gasteiger partial charge on any atom is -0.324 e. The van der Waals surface area contributed by atoms with Crippen LogP contribution in [-0.4, -0.2) is 25.3 Å². The predicted molar refractivity (Wildman–Crippen MR) is 143 cm³/mol. The van der Waals surface area contributed by atoms with Crippen LogP contribution < -0.4 is 5.32 Å². The number of hydrogen-bond acceptors (Lipinski definition) is 5. The molecule has 0 aliphatic heterocycles. The zero-order valence-corrected chi connectivity index (χ0v) is 21.2. The van der Waals surface area contributed by atoms with Crippen LogP contribution in [0.4, 0.5) is 24.8 Å². The lowest BCUT2D eigenvalue weighted by atomic mass is 9.99. The molecule has 5 rings (SSSR count). The summed E-state index contributed by atoms with van der Waals surface area (Å²) < 4.78 is 42.4. The van der Waals surface area contributed by atoms with E-state index in [2.05, 4.69) is 20.3 Å². The van der Waals surface area contributed by atoms with Crippen LogP contribution in [0, 0.1) is 13.8 Å². The maximum Gasteiger partial charge on any atom is 0.416 e. The summed E-state index contributed by atoms with van der Waals surface area (Å²) in [5.74, 6) is 0.0475. The largest absolute Gasteiger partial charge is 0.416 e. The number of carbonyl (C=O) groups excluding carboxylic acids is 1. The monoisotopic (exact) mass is 527 g/mol. The second-order valence-electron chi connectivity index (χ2n) is 9.19. The standard InChI is InChI=1S/C30H24F3N5O/c1-19-8-9-23(15-27(19)37-29-34-11-10-26(36-29)22-6-4-3-5-7-22)28(39)14-21-12-24(30(31,32)33)16-25(13-21)38-17-20(2)35-18-38/h3-13,15-18H,14H2,1-2H3,(H,34,36,37). The molecule has 5 aromatic rings. The van der Waals surface area contributed by atoms with Gasteiger partial charge in [0, 0.05) is 41.3 Å². The average molecular weight is 528 g/mol. The quantitative estimate of drug-likeness (QED) is 0.228. The first kappa shape index (κ1) is 25.8. The van der Waals surface area contributed by atoms with Crippen molar-refractivity contribution in [3.05, 3.63) is 119 Å². The fourth-order valence-corrected chi connectivity index (χ4v) is 4.18. The molecule has 3 aromatic carbocycles. The molecule has 0 aliphatic carbocycles. The van der Waals surface area contributed by atoms with Crippen LogP contribution in [0.15, 0.2) is 91.5 Å². The molecular weight excluding hydrogens is 503 g/mol. The Balaban J connectivity index is 1.41. The molecule has 2 heterocycles. The van der Waals surface area contributed by atoms with Crippen LogP contribution in [0.2, 0.25) is 0 Å². The molecule has 0 atom stereocenters. The summed E-state index contributed by atoms with van der Waals surface area (Å²) in [4.78, 5) is 26.2. The normalized spacial score (nSPS) is 11.4. The van der Waals surface area contributed by atoms with Crippen molar-refractivity contribution >= 4 is 17.4 Å². The number of nitrogens with one attached hydrogen (secondary N) is 1. The van der Waals surface area contributed by atoms with E-state index in [1.807, 2.05) is 43.3 Å². The molecule has 1 N–H and O–H groups in total. The van der Waals surface area contributed by atoms with Crippen molar-refractivity contribution in [1.82, 2.24) is 19.5 Å². The third kappa shape index (κ3) is 6.04. The molecule has 6 nitrogen and oxygen atoms in total. The SMILES string of the molecule is Cc1cn(-c2cc(CC(=O)c3ccc(C)c(Nc4nccc(-c5ccccc5)n4)c3)cc(C(F)(F)F)c2)cn1. The first-order valence-corrected chi connectivity index (χ1v) is 12.2. The summed E-state index contributed by atoms with van der Waals surface area (Å²) in [6.07, 6.45) is -0.0299. The Morgan fingerprint density at radius 2 is 1.74 bits per heavy atom. The fraction of sp³-hybridized carbons (Fsp3) is 0.133. The lowest BCUT2D eigenvalue weighted by molar-refractivity contribution is -0.137. The van der Waals surface area contributed by atoms with Crippen molar-refractivity contribution in [2.75, 3.05) is 5.32 Å². The zero-order valence-electron chi connectivity index (χ0n) is 21.2. The van der Waals surface area contributed by atoms with Gasteiger partial charge in [-0.15, -0.1) is 0 Å². The second kappa shape index (κ2) is 10.5. The van der Waals surface area contributed by atoms with Crippen LogP contribution in [0.25, 0.3) is 16.9 Å². The molecule has 0 aliphatic rings. The van der Waals surface area contributed by atoms with Gasteiger partial charge in [0.05, 0.1) is 23.3 Å². The van der Waals surface area contributed by atoms with Gasteiger partial charge in [0.25, 0.3) is 0 Å². The number of alkyl halides is 3. The van der Waals surface area contributed by atoms with E-state index in [4.69, 9.17) is 0 Å². The van der Waals surface area contributed by atoms with E-state index in [-0.39, 0.29) is 23.5 Å². The van der Waals surface area contributed by atoms with Gasteiger partial charge in [-0.1, -0.05) is 42.5 Å². The third-order valence-corrected chi connectivity index (χ3v) is 6.21. The minimum atomic E-state index is -4.56. The van der Waals surface area contributed by atoms with E-state index in [9.17, 15) is 18.0 Å². The summed E-state index contributed by atoms with van der Waals surface area (Å²) in [6, 6.07) is 20.2. The Bertz CT molecular complexity index is 1640. The Morgan fingerprint density at radius 1 is 0.949 bits per heavy atom. The number of carbonyl (C=O) groups is 1. The summed E-state index contributed by atoms with van der Waals surface area (Å²) in [6.45, 7) is 3.63. The van der Waals surface area contributed by atoms with Crippen molar-refractivity contribution in [2.24, 2.45) is 0 Å². The van der Waals surface area contributed by atoms with E-state index in [0.29, 0.717) is 22.9 Å². The van der Waals surface area contributed by atoms with Crippen molar-refractivity contribution in [1.29, 1.82) is 0 Å². The fourth-order valence-electron chi connectivity index (χ4n) is 4.18. The Hall–Kier alpha value is -4.79. The maximum atomic E-state index is 13.6. The summed E-state index contributed by atoms with van der Waals surface area (Å²) >= 11 is 0. The van der Waals surface area contributed by atoms with Gasteiger partial charge >= 0.3 is 6.18 Å². The number of rotatable bonds is 7. The lowest BCUT2D eigenvalue weighted by Gasteiger charge is -2.14. The van der Waals surface area contributed by atoms with E-state index in [0.717, 1.165) is 29.0 Å². The Morgan fingerprint density at radius 3 is 2.46 bits per heavy atom. The van der Waals surface area contributed by atoms with Crippen LogP contribution >= 0.6 is 0 Å². The summed E-state index contributed by atoms with van der Waals surface area (Å²) in [5, 5.41) is 3.17. The molecule has 0 amide bonds. The number of imidazole rings is 1. The topological polar surface area (TPSA) is 72.7 Å². The van der Waals surface area contributed by atoms with Gasteiger partial charge in [0.15, 0.2) is 5.78 Å². The minimum absolute atomic E-state index is 0.201. The molecule has 0 saturated carbocycles. The number of aryl methyl sites for hydroxylation is 2. The van der Waals surface area contributed by atoms with E-state index < -0.39 is 11.7 Å². The average Bonchev–Trinajstić information content (AvgIpc) is 3.36. The Labute approximate surface area is 223 Å². The van der Waals surface area contributed by atoms with Crippen LogP contribution in [0.5, 0.6) is 0 Å². The van der Waals surface area contributed by atoms with Gasteiger partial charge in [-0.25, -0.2) is 15.0 Å². The molecule has 2 aromatic heterocycles. The van der Waals surface area contributed by atoms with Gasteiger partial charge in [-0.3, -0.25) is 4.79 Å². The van der Waals surface area contributed by atoms with Gasteiger partial charge in [0.1, 0.15) is 0 Å². The zero-order chi connectivity index (χ0) is 27.6. The first-order chi connectivity index (χ1) is 18.7. The first-order valence-electron chi connectivity index (χ1n) is 12.2. The van der Waals surface area contributed by atoms with Crippen molar-refractivity contribution < 1.29 is 18.0 Å². The molecule has 196 valence electrons. The van der Waals surface area contributed by atoms with E-state index >= 15 is 0 Å². The van der Waals surface area contributed by atoms with Crippen molar-refractivity contribution in [2.45, 2.75) is 26.4 Å². The molecule has 0 fully saturated rings. The predicted octanol–water partition coefficient (Wildman–Crippen LogP) is 7.13. The highest BCUT2D eigenvalue weighted by molar-refractivity contribution is 5.98. The summed E-state index contributed by atoms with van der Waals surface area (Å²) in [7, 11) is 0. The van der Waals surface area contributed by atoms with E-state index in [1.54, 1.807) is 43.6 Å². The highest BCUT2D eigenvalue weighted by Crippen LogP contribution is 2.32. The number of anilines is 2. The molecule has 0 unspecified atom stereocenters. The number of hydrogen-bond donors (Lipinski definition) is 1. The molecule has 0 radical (unpaired) electrons. The van der Waals surface area contributed by atoms with Gasteiger partial charge < -0.3 is 9.88 Å². The number of nitrogens with zero attached hydrogens (tertiary/aromatic N) is 4.